The second kappa shape index (κ2) is 7.36. The lowest BCUT2D eigenvalue weighted by Crippen LogP contribution is -2.28. The van der Waals surface area contributed by atoms with Crippen LogP contribution in [0.4, 0.5) is 0 Å². The molecule has 4 N–H and O–H groups in total. The molecule has 0 aliphatic heterocycles. The van der Waals surface area contributed by atoms with E-state index in [2.05, 4.69) is 0 Å². The Kier molecular flexibility index (Phi) is 6.12. The number of primary amides is 1. The number of rotatable bonds is 4. The molecule has 1 amide bonds. The summed E-state index contributed by atoms with van der Waals surface area (Å²) < 4.78 is 5.72. The summed E-state index contributed by atoms with van der Waals surface area (Å²) >= 11 is 0. The number of benzene rings is 1. The predicted molar refractivity (Wildman–Crippen MR) is 77.6 cm³/mol. The Morgan fingerprint density at radius 1 is 1.26 bits per heavy atom. The fraction of sp³-hybridized carbons (Fsp3) is 0.500. The molecule has 1 aromatic carbocycles. The largest absolute Gasteiger partial charge is 0.493 e. The first-order chi connectivity index (χ1) is 8.65. The summed E-state index contributed by atoms with van der Waals surface area (Å²) in [5.41, 5.74) is 11.6. The predicted octanol–water partition coefficient (Wildman–Crippen LogP) is 2.10. The maximum absolute atomic E-state index is 11.0. The van der Waals surface area contributed by atoms with Gasteiger partial charge in [-0.3, -0.25) is 4.79 Å². The van der Waals surface area contributed by atoms with Gasteiger partial charge in [0.1, 0.15) is 5.75 Å². The lowest BCUT2D eigenvalue weighted by atomic mass is 9.87. The highest BCUT2D eigenvalue weighted by molar-refractivity contribution is 5.93. The van der Waals surface area contributed by atoms with E-state index in [1.54, 1.807) is 18.2 Å². The molecule has 0 aromatic heterocycles. The first-order valence-electron chi connectivity index (χ1n) is 6.43. The average molecular weight is 285 g/mol. The summed E-state index contributed by atoms with van der Waals surface area (Å²) in [6.07, 6.45) is 4.40. The normalized spacial score (nSPS) is 22.4. The van der Waals surface area contributed by atoms with E-state index < -0.39 is 5.91 Å². The van der Waals surface area contributed by atoms with Crippen LogP contribution >= 0.6 is 12.4 Å². The molecule has 1 aromatic rings. The van der Waals surface area contributed by atoms with Gasteiger partial charge in [-0.2, -0.15) is 0 Å². The van der Waals surface area contributed by atoms with Gasteiger partial charge in [-0.1, -0.05) is 6.07 Å². The summed E-state index contributed by atoms with van der Waals surface area (Å²) in [7, 11) is 0. The monoisotopic (exact) mass is 284 g/mol. The van der Waals surface area contributed by atoms with E-state index in [9.17, 15) is 4.79 Å². The van der Waals surface area contributed by atoms with Gasteiger partial charge in [-0.15, -0.1) is 12.4 Å². The maximum Gasteiger partial charge on any atom is 0.248 e. The van der Waals surface area contributed by atoms with Crippen molar-refractivity contribution in [2.24, 2.45) is 17.4 Å². The van der Waals surface area contributed by atoms with E-state index in [-0.39, 0.29) is 12.4 Å². The molecule has 0 heterocycles. The van der Waals surface area contributed by atoms with Gasteiger partial charge in [0.2, 0.25) is 5.91 Å². The number of hydrogen-bond donors (Lipinski definition) is 2. The van der Waals surface area contributed by atoms with E-state index in [0.29, 0.717) is 29.9 Å². The molecule has 5 heteroatoms. The second-order valence-corrected chi connectivity index (χ2v) is 4.98. The third-order valence-corrected chi connectivity index (χ3v) is 3.50. The lowest BCUT2D eigenvalue weighted by molar-refractivity contribution is 0.0999. The van der Waals surface area contributed by atoms with Crippen molar-refractivity contribution in [2.45, 2.75) is 31.7 Å². The van der Waals surface area contributed by atoms with Crippen LogP contribution in [0.3, 0.4) is 0 Å². The van der Waals surface area contributed by atoms with Crippen LogP contribution in [0.25, 0.3) is 0 Å². The number of ether oxygens (including phenoxy) is 1. The topological polar surface area (TPSA) is 78.3 Å². The standard InChI is InChI=1S/C14H20N2O2.ClH/c15-12-6-4-10(5-7-12)9-18-13-3-1-2-11(8-13)14(16)17;/h1-3,8,10,12H,4-7,9,15H2,(H2,16,17);1H. The van der Waals surface area contributed by atoms with Crippen LogP contribution in [0.5, 0.6) is 5.75 Å². The number of halogens is 1. The number of nitrogens with two attached hydrogens (primary N) is 2. The van der Waals surface area contributed by atoms with E-state index >= 15 is 0 Å². The lowest BCUT2D eigenvalue weighted by Gasteiger charge is -2.25. The summed E-state index contributed by atoms with van der Waals surface area (Å²) in [5.74, 6) is 0.854. The third kappa shape index (κ3) is 4.73. The van der Waals surface area contributed by atoms with Crippen molar-refractivity contribution in [2.75, 3.05) is 6.61 Å². The molecule has 19 heavy (non-hydrogen) atoms. The molecule has 0 atom stereocenters. The molecule has 1 aliphatic rings. The van der Waals surface area contributed by atoms with Crippen molar-refractivity contribution < 1.29 is 9.53 Å². The van der Waals surface area contributed by atoms with E-state index in [1.165, 1.54) is 0 Å². The van der Waals surface area contributed by atoms with Crippen molar-refractivity contribution in [1.82, 2.24) is 0 Å². The first-order valence-corrected chi connectivity index (χ1v) is 6.43. The molecule has 0 saturated heterocycles. The highest BCUT2D eigenvalue weighted by atomic mass is 35.5. The molecular weight excluding hydrogens is 264 g/mol. The van der Waals surface area contributed by atoms with Crippen LogP contribution in [0.15, 0.2) is 24.3 Å². The fourth-order valence-corrected chi connectivity index (χ4v) is 2.31. The molecule has 0 bridgehead atoms. The SMILES string of the molecule is Cl.NC(=O)c1cccc(OCC2CCC(N)CC2)c1. The smallest absolute Gasteiger partial charge is 0.248 e. The zero-order valence-electron chi connectivity index (χ0n) is 10.9. The van der Waals surface area contributed by atoms with Crippen LogP contribution < -0.4 is 16.2 Å². The minimum absolute atomic E-state index is 0. The minimum atomic E-state index is -0.427. The first kappa shape index (κ1) is 15.8. The quantitative estimate of drug-likeness (QED) is 0.889. The van der Waals surface area contributed by atoms with Crippen LogP contribution in [0.1, 0.15) is 36.0 Å². The highest BCUT2D eigenvalue weighted by Gasteiger charge is 2.18. The molecule has 0 radical (unpaired) electrons. The number of amides is 1. The van der Waals surface area contributed by atoms with Gasteiger partial charge in [-0.05, 0) is 49.8 Å². The molecule has 2 rings (SSSR count). The Morgan fingerprint density at radius 2 is 1.95 bits per heavy atom. The van der Waals surface area contributed by atoms with Crippen LogP contribution in [0, 0.1) is 5.92 Å². The van der Waals surface area contributed by atoms with Crippen molar-refractivity contribution in [3.05, 3.63) is 29.8 Å². The number of hydrogen-bond acceptors (Lipinski definition) is 3. The Balaban J connectivity index is 0.00000180. The third-order valence-electron chi connectivity index (χ3n) is 3.50. The number of carbonyl (C=O) groups is 1. The molecule has 1 aliphatic carbocycles. The summed E-state index contributed by atoms with van der Waals surface area (Å²) in [6, 6.07) is 7.37. The van der Waals surface area contributed by atoms with Crippen molar-refractivity contribution in [3.63, 3.8) is 0 Å². The Hall–Kier alpha value is -1.26. The molecule has 1 fully saturated rings. The molecule has 106 valence electrons. The van der Waals surface area contributed by atoms with Gasteiger partial charge in [0.05, 0.1) is 6.61 Å². The average Bonchev–Trinajstić information content (AvgIpc) is 2.38. The van der Waals surface area contributed by atoms with Crippen LogP contribution in [-0.4, -0.2) is 18.6 Å². The summed E-state index contributed by atoms with van der Waals surface area (Å²) in [4.78, 5) is 11.0. The van der Waals surface area contributed by atoms with Gasteiger partial charge in [0, 0.05) is 11.6 Å². The highest BCUT2D eigenvalue weighted by Crippen LogP contribution is 2.24. The van der Waals surface area contributed by atoms with E-state index in [1.807, 2.05) is 6.07 Å². The summed E-state index contributed by atoms with van der Waals surface area (Å²) in [6.45, 7) is 0.689. The van der Waals surface area contributed by atoms with Crippen LogP contribution in [0.2, 0.25) is 0 Å². The Morgan fingerprint density at radius 3 is 2.58 bits per heavy atom. The van der Waals surface area contributed by atoms with Gasteiger partial charge in [-0.25, -0.2) is 0 Å². The molecule has 0 spiro atoms. The zero-order valence-corrected chi connectivity index (χ0v) is 11.7. The van der Waals surface area contributed by atoms with Gasteiger partial charge in [0.15, 0.2) is 0 Å². The van der Waals surface area contributed by atoms with Crippen molar-refractivity contribution in [1.29, 1.82) is 0 Å². The molecule has 1 saturated carbocycles. The minimum Gasteiger partial charge on any atom is -0.493 e. The van der Waals surface area contributed by atoms with Gasteiger partial charge in [0.25, 0.3) is 0 Å². The Bertz CT molecular complexity index is 418. The fourth-order valence-electron chi connectivity index (χ4n) is 2.31. The van der Waals surface area contributed by atoms with Crippen molar-refractivity contribution >= 4 is 18.3 Å². The van der Waals surface area contributed by atoms with Gasteiger partial charge >= 0.3 is 0 Å². The van der Waals surface area contributed by atoms with E-state index in [4.69, 9.17) is 16.2 Å². The van der Waals surface area contributed by atoms with Crippen LogP contribution in [-0.2, 0) is 0 Å². The molecule has 4 nitrogen and oxygen atoms in total. The zero-order chi connectivity index (χ0) is 13.0. The number of carbonyl (C=O) groups excluding carboxylic acids is 1. The van der Waals surface area contributed by atoms with E-state index in [0.717, 1.165) is 25.7 Å². The second-order valence-electron chi connectivity index (χ2n) is 4.98. The van der Waals surface area contributed by atoms with Gasteiger partial charge < -0.3 is 16.2 Å². The van der Waals surface area contributed by atoms with Crippen molar-refractivity contribution in [3.8, 4) is 5.75 Å². The summed E-state index contributed by atoms with van der Waals surface area (Å²) in [5, 5.41) is 0. The Labute approximate surface area is 119 Å². The maximum atomic E-state index is 11.0. The molecule has 0 unspecified atom stereocenters. The molecular formula is C14H21ClN2O2.